The van der Waals surface area contributed by atoms with Gasteiger partial charge in [0.25, 0.3) is 11.8 Å². The molecule has 0 bridgehead atoms. The summed E-state index contributed by atoms with van der Waals surface area (Å²) in [5, 5.41) is 3.15. The molecular weight excluding hydrogens is 536 g/mol. The highest BCUT2D eigenvalue weighted by Gasteiger charge is 2.38. The summed E-state index contributed by atoms with van der Waals surface area (Å²) in [6.07, 6.45) is 0.615. The second kappa shape index (κ2) is 13.7. The van der Waals surface area contributed by atoms with E-state index in [0.717, 1.165) is 10.5 Å². The first kappa shape index (κ1) is 32.5. The van der Waals surface area contributed by atoms with Gasteiger partial charge in [-0.3, -0.25) is 34.2 Å². The van der Waals surface area contributed by atoms with Crippen molar-refractivity contribution in [2.45, 2.75) is 77.6 Å². The van der Waals surface area contributed by atoms with E-state index < -0.39 is 53.3 Å². The second-order valence-electron chi connectivity index (χ2n) is 12.1. The minimum atomic E-state index is -1.02. The smallest absolute Gasteiger partial charge is 0.323 e. The highest BCUT2D eigenvalue weighted by molar-refractivity contribution is 6.21. The van der Waals surface area contributed by atoms with Crippen LogP contribution in [-0.4, -0.2) is 76.7 Å². The summed E-state index contributed by atoms with van der Waals surface area (Å²) in [6, 6.07) is 13.0. The van der Waals surface area contributed by atoms with Crippen LogP contribution in [0.15, 0.2) is 54.6 Å². The number of nitrogens with two attached hydrogens (primary N) is 1. The molecule has 3 N–H and O–H groups in total. The molecule has 0 spiro atoms. The van der Waals surface area contributed by atoms with E-state index in [1.54, 1.807) is 45.0 Å². The van der Waals surface area contributed by atoms with Gasteiger partial charge in [0.15, 0.2) is 0 Å². The number of ether oxygens (including phenoxy) is 1. The van der Waals surface area contributed by atoms with Crippen LogP contribution < -0.4 is 11.1 Å². The van der Waals surface area contributed by atoms with Crippen molar-refractivity contribution in [2.75, 3.05) is 13.6 Å². The standard InChI is InChI=1S/C32H42N4O6/c1-20(2)18-25(30(40)35(6)26(27(33)37)19-21-12-8-7-9-13-21)34-24(31(41)42-32(3,4)5)16-17-36-28(38)22-14-10-11-15-23(22)29(36)39/h7-15,20,24-26,34H,16-19H2,1-6H3,(H2,33,37)/t24-,25+,26+/m1/s1. The molecule has 2 aromatic rings. The Bertz CT molecular complexity index is 1270. The van der Waals surface area contributed by atoms with E-state index in [1.165, 1.54) is 11.9 Å². The third-order valence-electron chi connectivity index (χ3n) is 7.03. The molecule has 0 unspecified atom stereocenters. The number of nitrogens with zero attached hydrogens (tertiary/aromatic N) is 2. The Labute approximate surface area is 247 Å². The van der Waals surface area contributed by atoms with E-state index in [9.17, 15) is 24.0 Å². The molecule has 0 aromatic heterocycles. The van der Waals surface area contributed by atoms with Gasteiger partial charge in [-0.05, 0) is 57.2 Å². The second-order valence-corrected chi connectivity index (χ2v) is 12.1. The van der Waals surface area contributed by atoms with Gasteiger partial charge >= 0.3 is 5.97 Å². The van der Waals surface area contributed by atoms with Crippen molar-refractivity contribution in [3.8, 4) is 0 Å². The number of likely N-dealkylation sites (N-methyl/N-ethyl adjacent to an activating group) is 1. The lowest BCUT2D eigenvalue weighted by molar-refractivity contribution is -0.158. The van der Waals surface area contributed by atoms with E-state index >= 15 is 0 Å². The lowest BCUT2D eigenvalue weighted by Crippen LogP contribution is -2.57. The molecule has 10 heteroatoms. The molecule has 3 rings (SSSR count). The number of nitrogens with one attached hydrogen (secondary N) is 1. The number of carbonyl (C=O) groups is 5. The van der Waals surface area contributed by atoms with E-state index in [2.05, 4.69) is 5.32 Å². The fraction of sp³-hybridized carbons (Fsp3) is 0.469. The summed E-state index contributed by atoms with van der Waals surface area (Å²) in [4.78, 5) is 68.0. The van der Waals surface area contributed by atoms with Crippen LogP contribution in [0, 0.1) is 5.92 Å². The van der Waals surface area contributed by atoms with Crippen molar-refractivity contribution in [3.05, 3.63) is 71.3 Å². The summed E-state index contributed by atoms with van der Waals surface area (Å²) < 4.78 is 5.65. The van der Waals surface area contributed by atoms with Gasteiger partial charge in [0.1, 0.15) is 17.7 Å². The molecular formula is C32H42N4O6. The van der Waals surface area contributed by atoms with Crippen LogP contribution in [0.3, 0.4) is 0 Å². The Balaban J connectivity index is 1.84. The van der Waals surface area contributed by atoms with Crippen LogP contribution in [0.2, 0.25) is 0 Å². The Kier molecular flexibility index (Phi) is 10.6. The van der Waals surface area contributed by atoms with Gasteiger partial charge in [0, 0.05) is 20.0 Å². The SMILES string of the molecule is CC(C)C[C@H](N[C@H](CCN1C(=O)c2ccccc2C1=O)C(=O)OC(C)(C)C)C(=O)N(C)[C@@H](Cc1ccccc1)C(N)=O. The molecule has 10 nitrogen and oxygen atoms in total. The van der Waals surface area contributed by atoms with Crippen LogP contribution >= 0.6 is 0 Å². The van der Waals surface area contributed by atoms with E-state index in [-0.39, 0.29) is 25.3 Å². The largest absolute Gasteiger partial charge is 0.459 e. The molecule has 1 heterocycles. The van der Waals surface area contributed by atoms with E-state index in [1.807, 2.05) is 44.2 Å². The number of imide groups is 1. The first-order valence-electron chi connectivity index (χ1n) is 14.2. The molecule has 0 fully saturated rings. The van der Waals surface area contributed by atoms with Crippen LogP contribution in [0.25, 0.3) is 0 Å². The lowest BCUT2D eigenvalue weighted by Gasteiger charge is -2.33. The minimum Gasteiger partial charge on any atom is -0.459 e. The number of carbonyl (C=O) groups excluding carboxylic acids is 5. The fourth-order valence-corrected chi connectivity index (χ4v) is 4.96. The van der Waals surface area contributed by atoms with Gasteiger partial charge < -0.3 is 15.4 Å². The zero-order chi connectivity index (χ0) is 31.2. The van der Waals surface area contributed by atoms with E-state index in [4.69, 9.17) is 10.5 Å². The third kappa shape index (κ3) is 8.25. The molecule has 0 aliphatic carbocycles. The average Bonchev–Trinajstić information content (AvgIpc) is 3.16. The Hall–Kier alpha value is -4.05. The van der Waals surface area contributed by atoms with Gasteiger partial charge in [0.05, 0.1) is 17.2 Å². The summed E-state index contributed by atoms with van der Waals surface area (Å²) in [5.74, 6) is -2.47. The summed E-state index contributed by atoms with van der Waals surface area (Å²) in [6.45, 7) is 9.03. The summed E-state index contributed by atoms with van der Waals surface area (Å²) in [5.41, 5.74) is 6.39. The topological polar surface area (TPSA) is 139 Å². The van der Waals surface area contributed by atoms with Crippen LogP contribution in [-0.2, 0) is 25.5 Å². The van der Waals surface area contributed by atoms with Crippen LogP contribution in [0.5, 0.6) is 0 Å². The average molecular weight is 579 g/mol. The molecule has 3 atom stereocenters. The van der Waals surface area contributed by atoms with Gasteiger partial charge in [-0.1, -0.05) is 56.3 Å². The molecule has 226 valence electrons. The highest BCUT2D eigenvalue weighted by atomic mass is 16.6. The molecule has 42 heavy (non-hydrogen) atoms. The highest BCUT2D eigenvalue weighted by Crippen LogP contribution is 2.23. The first-order chi connectivity index (χ1) is 19.7. The maximum Gasteiger partial charge on any atom is 0.323 e. The van der Waals surface area contributed by atoms with Crippen molar-refractivity contribution in [2.24, 2.45) is 11.7 Å². The summed E-state index contributed by atoms with van der Waals surface area (Å²) in [7, 11) is 1.52. The zero-order valence-corrected chi connectivity index (χ0v) is 25.3. The van der Waals surface area contributed by atoms with Gasteiger partial charge in [-0.15, -0.1) is 0 Å². The van der Waals surface area contributed by atoms with Crippen molar-refractivity contribution in [1.82, 2.24) is 15.1 Å². The molecule has 2 aromatic carbocycles. The number of rotatable bonds is 13. The number of hydrogen-bond acceptors (Lipinski definition) is 7. The number of primary amides is 1. The number of esters is 1. The normalized spacial score (nSPS) is 15.3. The number of amides is 4. The Morgan fingerprint density at radius 3 is 1.98 bits per heavy atom. The molecule has 0 radical (unpaired) electrons. The maximum absolute atomic E-state index is 13.9. The first-order valence-corrected chi connectivity index (χ1v) is 14.2. The number of fused-ring (bicyclic) bond motifs is 1. The third-order valence-corrected chi connectivity index (χ3v) is 7.03. The fourth-order valence-electron chi connectivity index (χ4n) is 4.96. The Morgan fingerprint density at radius 1 is 0.929 bits per heavy atom. The predicted octanol–water partition coefficient (Wildman–Crippen LogP) is 2.94. The van der Waals surface area contributed by atoms with Gasteiger partial charge in [0.2, 0.25) is 11.8 Å². The molecule has 4 amide bonds. The van der Waals surface area contributed by atoms with Gasteiger partial charge in [-0.2, -0.15) is 0 Å². The van der Waals surface area contributed by atoms with Gasteiger partial charge in [-0.25, -0.2) is 0 Å². The van der Waals surface area contributed by atoms with Crippen molar-refractivity contribution < 1.29 is 28.7 Å². The predicted molar refractivity (Wildman–Crippen MR) is 158 cm³/mol. The van der Waals surface area contributed by atoms with Crippen LogP contribution in [0.1, 0.15) is 73.7 Å². The quantitative estimate of drug-likeness (QED) is 0.275. The van der Waals surface area contributed by atoms with Crippen molar-refractivity contribution in [3.63, 3.8) is 0 Å². The van der Waals surface area contributed by atoms with E-state index in [0.29, 0.717) is 17.5 Å². The molecule has 1 aliphatic heterocycles. The molecule has 0 saturated carbocycles. The number of benzene rings is 2. The zero-order valence-electron chi connectivity index (χ0n) is 25.3. The van der Waals surface area contributed by atoms with Crippen LogP contribution in [0.4, 0.5) is 0 Å². The minimum absolute atomic E-state index is 0.0231. The van der Waals surface area contributed by atoms with Crippen molar-refractivity contribution in [1.29, 1.82) is 0 Å². The monoisotopic (exact) mass is 578 g/mol. The Morgan fingerprint density at radius 2 is 1.48 bits per heavy atom. The summed E-state index contributed by atoms with van der Waals surface area (Å²) >= 11 is 0. The maximum atomic E-state index is 13.9. The van der Waals surface area contributed by atoms with Crippen molar-refractivity contribution >= 4 is 29.6 Å². The number of hydrogen-bond donors (Lipinski definition) is 2. The lowest BCUT2D eigenvalue weighted by atomic mass is 9.98. The molecule has 1 aliphatic rings. The molecule has 0 saturated heterocycles.